The molecule has 0 bridgehead atoms. The van der Waals surface area contributed by atoms with Gasteiger partial charge in [-0.15, -0.1) is 0 Å². The maximum absolute atomic E-state index is 9.36. The number of aliphatic hydroxyl groups is 1. The Kier molecular flexibility index (Phi) is 2.44. The highest BCUT2D eigenvalue weighted by molar-refractivity contribution is 5.43. The van der Waals surface area contributed by atoms with Crippen LogP contribution in [0.1, 0.15) is 24.0 Å². The minimum Gasteiger partial charge on any atom is -0.496 e. The van der Waals surface area contributed by atoms with E-state index in [1.54, 1.807) is 7.11 Å². The number of methoxy groups -OCH3 is 1. The predicted octanol–water partition coefficient (Wildman–Crippen LogP) is 1.31. The zero-order valence-corrected chi connectivity index (χ0v) is 9.16. The molecule has 2 rings (SSSR count). The highest BCUT2D eigenvalue weighted by Crippen LogP contribution is 2.43. The highest BCUT2D eigenvalue weighted by Gasteiger charge is 2.43. The van der Waals surface area contributed by atoms with Crippen molar-refractivity contribution in [2.24, 2.45) is 5.73 Å². The molecule has 0 aliphatic heterocycles. The lowest BCUT2D eigenvalue weighted by molar-refractivity contribution is 0.0198. The molecule has 0 radical (unpaired) electrons. The number of aryl methyl sites for hydroxylation is 1. The van der Waals surface area contributed by atoms with E-state index >= 15 is 0 Å². The molecule has 3 nitrogen and oxygen atoms in total. The van der Waals surface area contributed by atoms with Gasteiger partial charge in [0.1, 0.15) is 5.75 Å². The van der Waals surface area contributed by atoms with Crippen molar-refractivity contribution in [2.45, 2.75) is 31.4 Å². The van der Waals surface area contributed by atoms with Gasteiger partial charge in [-0.3, -0.25) is 0 Å². The van der Waals surface area contributed by atoms with Crippen LogP contribution in [0.3, 0.4) is 0 Å². The minimum absolute atomic E-state index is 0.264. The summed E-state index contributed by atoms with van der Waals surface area (Å²) in [5, 5.41) is 9.36. The molecule has 1 aliphatic rings. The summed E-state index contributed by atoms with van der Waals surface area (Å²) in [5.74, 6) is 0.815. The quantitative estimate of drug-likeness (QED) is 0.768. The summed E-state index contributed by atoms with van der Waals surface area (Å²) in [6.45, 7) is 2.03. The van der Waals surface area contributed by atoms with Gasteiger partial charge in [0.25, 0.3) is 0 Å². The first-order chi connectivity index (χ1) is 7.05. The van der Waals surface area contributed by atoms with Crippen LogP contribution in [0.15, 0.2) is 18.2 Å². The van der Waals surface area contributed by atoms with Gasteiger partial charge in [-0.05, 0) is 25.8 Å². The summed E-state index contributed by atoms with van der Waals surface area (Å²) in [6.07, 6.45) is 0.972. The largest absolute Gasteiger partial charge is 0.496 e. The van der Waals surface area contributed by atoms with E-state index < -0.39 is 5.54 Å². The Morgan fingerprint density at radius 1 is 1.47 bits per heavy atom. The van der Waals surface area contributed by atoms with E-state index in [1.807, 2.05) is 25.1 Å². The molecule has 0 unspecified atom stereocenters. The first-order valence-electron chi connectivity index (χ1n) is 5.17. The van der Waals surface area contributed by atoms with Crippen molar-refractivity contribution in [3.63, 3.8) is 0 Å². The Morgan fingerprint density at radius 2 is 2.13 bits per heavy atom. The zero-order chi connectivity index (χ0) is 11.1. The van der Waals surface area contributed by atoms with Gasteiger partial charge in [0.05, 0.1) is 13.2 Å². The molecule has 0 atom stereocenters. The van der Waals surface area contributed by atoms with Gasteiger partial charge >= 0.3 is 0 Å². The molecule has 1 saturated carbocycles. The summed E-state index contributed by atoms with van der Waals surface area (Å²) < 4.78 is 5.30. The van der Waals surface area contributed by atoms with E-state index in [2.05, 4.69) is 0 Å². The molecule has 0 amide bonds. The standard InChI is InChI=1S/C12H17NO2/c1-8-3-4-11(15-2)10(5-8)12(13)6-9(14)7-12/h3-5,9,14H,6-7,13H2,1-2H3. The molecule has 3 heteroatoms. The molecule has 1 aromatic rings. The van der Waals surface area contributed by atoms with Crippen LogP contribution in [0, 0.1) is 6.92 Å². The lowest BCUT2D eigenvalue weighted by Crippen LogP contribution is -2.51. The van der Waals surface area contributed by atoms with E-state index in [9.17, 15) is 5.11 Å². The third-order valence-electron chi connectivity index (χ3n) is 3.09. The second kappa shape index (κ2) is 3.51. The topological polar surface area (TPSA) is 55.5 Å². The number of benzene rings is 1. The first kappa shape index (κ1) is 10.5. The second-order valence-corrected chi connectivity index (χ2v) is 4.42. The summed E-state index contributed by atoms with van der Waals surface area (Å²) in [6, 6.07) is 5.98. The van der Waals surface area contributed by atoms with Gasteiger partial charge in [0, 0.05) is 11.1 Å². The van der Waals surface area contributed by atoms with Crippen molar-refractivity contribution in [1.29, 1.82) is 0 Å². The average Bonchev–Trinajstić information content (AvgIpc) is 2.15. The van der Waals surface area contributed by atoms with Crippen molar-refractivity contribution >= 4 is 0 Å². The molecule has 1 aliphatic carbocycles. The molecule has 0 spiro atoms. The average molecular weight is 207 g/mol. The maximum atomic E-state index is 9.36. The number of hydrogen-bond donors (Lipinski definition) is 2. The molecular weight excluding hydrogens is 190 g/mol. The van der Waals surface area contributed by atoms with E-state index in [0.717, 1.165) is 16.9 Å². The Morgan fingerprint density at radius 3 is 2.67 bits per heavy atom. The zero-order valence-electron chi connectivity index (χ0n) is 9.16. The van der Waals surface area contributed by atoms with Gasteiger partial charge in [-0.1, -0.05) is 17.7 Å². The van der Waals surface area contributed by atoms with Crippen molar-refractivity contribution in [3.8, 4) is 5.75 Å². The number of aliphatic hydroxyl groups excluding tert-OH is 1. The van der Waals surface area contributed by atoms with E-state index in [4.69, 9.17) is 10.5 Å². The molecule has 0 aromatic heterocycles. The SMILES string of the molecule is COc1ccc(C)cc1C1(N)CC(O)C1. The van der Waals surface area contributed by atoms with E-state index in [-0.39, 0.29) is 6.10 Å². The molecule has 82 valence electrons. The van der Waals surface area contributed by atoms with Crippen LogP contribution in [0.5, 0.6) is 5.75 Å². The van der Waals surface area contributed by atoms with Crippen molar-refractivity contribution in [1.82, 2.24) is 0 Å². The van der Waals surface area contributed by atoms with Crippen LogP contribution in [0.4, 0.5) is 0 Å². The number of hydrogen-bond acceptors (Lipinski definition) is 3. The van der Waals surface area contributed by atoms with E-state index in [1.165, 1.54) is 0 Å². The smallest absolute Gasteiger partial charge is 0.123 e. The molecular formula is C12H17NO2. The predicted molar refractivity (Wildman–Crippen MR) is 58.8 cm³/mol. The van der Waals surface area contributed by atoms with Crippen LogP contribution in [-0.2, 0) is 5.54 Å². The molecule has 1 aromatic carbocycles. The fourth-order valence-corrected chi connectivity index (χ4v) is 2.21. The summed E-state index contributed by atoms with van der Waals surface area (Å²) in [4.78, 5) is 0. The summed E-state index contributed by atoms with van der Waals surface area (Å²) >= 11 is 0. The van der Waals surface area contributed by atoms with Crippen molar-refractivity contribution in [2.75, 3.05) is 7.11 Å². The molecule has 15 heavy (non-hydrogen) atoms. The Hall–Kier alpha value is -1.06. The van der Waals surface area contributed by atoms with Gasteiger partial charge < -0.3 is 15.6 Å². The molecule has 1 fully saturated rings. The Labute approximate surface area is 89.9 Å². The number of nitrogens with two attached hydrogens (primary N) is 1. The third kappa shape index (κ3) is 1.73. The molecule has 3 N–H and O–H groups in total. The van der Waals surface area contributed by atoms with Crippen molar-refractivity contribution < 1.29 is 9.84 Å². The summed E-state index contributed by atoms with van der Waals surface area (Å²) in [7, 11) is 1.65. The minimum atomic E-state index is -0.406. The van der Waals surface area contributed by atoms with Crippen LogP contribution in [0.2, 0.25) is 0 Å². The van der Waals surface area contributed by atoms with Crippen LogP contribution >= 0.6 is 0 Å². The fraction of sp³-hybridized carbons (Fsp3) is 0.500. The van der Waals surface area contributed by atoms with Crippen molar-refractivity contribution in [3.05, 3.63) is 29.3 Å². The van der Waals surface area contributed by atoms with Crippen LogP contribution in [-0.4, -0.2) is 18.3 Å². The molecule has 0 heterocycles. The monoisotopic (exact) mass is 207 g/mol. The number of rotatable bonds is 2. The summed E-state index contributed by atoms with van der Waals surface area (Å²) in [5.41, 5.74) is 7.99. The fourth-order valence-electron chi connectivity index (χ4n) is 2.21. The normalized spacial score (nSPS) is 29.7. The highest BCUT2D eigenvalue weighted by atomic mass is 16.5. The van der Waals surface area contributed by atoms with Crippen LogP contribution < -0.4 is 10.5 Å². The van der Waals surface area contributed by atoms with Gasteiger partial charge in [0.15, 0.2) is 0 Å². The Bertz CT molecular complexity index is 370. The lowest BCUT2D eigenvalue weighted by Gasteiger charge is -2.43. The maximum Gasteiger partial charge on any atom is 0.123 e. The molecule has 0 saturated heterocycles. The van der Waals surface area contributed by atoms with E-state index in [0.29, 0.717) is 12.8 Å². The Balaban J connectivity index is 2.38. The van der Waals surface area contributed by atoms with Crippen LogP contribution in [0.25, 0.3) is 0 Å². The number of ether oxygens (including phenoxy) is 1. The third-order valence-corrected chi connectivity index (χ3v) is 3.09. The second-order valence-electron chi connectivity index (χ2n) is 4.42. The van der Waals surface area contributed by atoms with Gasteiger partial charge in [-0.25, -0.2) is 0 Å². The van der Waals surface area contributed by atoms with Gasteiger partial charge in [0.2, 0.25) is 0 Å². The lowest BCUT2D eigenvalue weighted by atomic mass is 9.70. The first-order valence-corrected chi connectivity index (χ1v) is 5.17. The van der Waals surface area contributed by atoms with Gasteiger partial charge in [-0.2, -0.15) is 0 Å².